The molecule has 0 spiro atoms. The van der Waals surface area contributed by atoms with Crippen LogP contribution in [0, 0.1) is 12.5 Å². The van der Waals surface area contributed by atoms with Gasteiger partial charge in [0.05, 0.1) is 47.8 Å². The first-order valence-electron chi connectivity index (χ1n) is 11.9. The normalized spacial score (nSPS) is 12.2. The average molecular weight is 487 g/mol. The van der Waals surface area contributed by atoms with Crippen molar-refractivity contribution < 1.29 is 4.74 Å². The molecule has 0 amide bonds. The molecule has 8 nitrogen and oxygen atoms in total. The highest BCUT2D eigenvalue weighted by atomic mass is 16.5. The van der Waals surface area contributed by atoms with Crippen LogP contribution >= 0.6 is 0 Å². The van der Waals surface area contributed by atoms with E-state index in [1.807, 2.05) is 66.9 Å². The van der Waals surface area contributed by atoms with E-state index in [0.29, 0.717) is 5.75 Å². The van der Waals surface area contributed by atoms with E-state index in [-0.39, 0.29) is 11.7 Å². The van der Waals surface area contributed by atoms with Gasteiger partial charge in [-0.25, -0.2) is 9.79 Å². The van der Waals surface area contributed by atoms with Crippen LogP contribution in [0.25, 0.3) is 27.5 Å². The van der Waals surface area contributed by atoms with Crippen LogP contribution in [-0.4, -0.2) is 36.7 Å². The second-order valence-corrected chi connectivity index (χ2v) is 8.60. The minimum absolute atomic E-state index is 0.120. The summed E-state index contributed by atoms with van der Waals surface area (Å²) >= 11 is 0. The summed E-state index contributed by atoms with van der Waals surface area (Å²) in [6, 6.07) is 6.07. The number of rotatable bonds is 5. The minimum atomic E-state index is -0.204. The van der Waals surface area contributed by atoms with E-state index >= 15 is 0 Å². The van der Waals surface area contributed by atoms with Gasteiger partial charge in [-0.15, -0.1) is 0 Å². The van der Waals surface area contributed by atoms with Gasteiger partial charge in [-0.3, -0.25) is 18.8 Å². The van der Waals surface area contributed by atoms with Crippen molar-refractivity contribution in [3.05, 3.63) is 57.9 Å². The maximum atomic E-state index is 13.3. The van der Waals surface area contributed by atoms with Crippen LogP contribution in [0.1, 0.15) is 58.7 Å². The fraction of sp³-hybridized carbons (Fsp3) is 0.357. The van der Waals surface area contributed by atoms with Gasteiger partial charge in [0.25, 0.3) is 0 Å². The summed E-state index contributed by atoms with van der Waals surface area (Å²) in [6.07, 6.45) is 10.9. The van der Waals surface area contributed by atoms with Crippen molar-refractivity contribution in [1.82, 2.24) is 23.9 Å². The average Bonchev–Trinajstić information content (AvgIpc) is 3.40. The Labute approximate surface area is 211 Å². The first-order valence-corrected chi connectivity index (χ1v) is 11.9. The molecule has 3 heterocycles. The van der Waals surface area contributed by atoms with Crippen molar-refractivity contribution in [1.29, 1.82) is 0 Å². The summed E-state index contributed by atoms with van der Waals surface area (Å²) in [5.74, 6) is 0.657. The van der Waals surface area contributed by atoms with Crippen molar-refractivity contribution >= 4 is 33.2 Å². The quantitative estimate of drug-likeness (QED) is 0.290. The molecule has 0 saturated carbocycles. The number of aromatic nitrogens is 5. The fourth-order valence-corrected chi connectivity index (χ4v) is 4.61. The van der Waals surface area contributed by atoms with E-state index in [9.17, 15) is 4.79 Å². The number of ether oxygens (including phenoxy) is 1. The second-order valence-electron chi connectivity index (χ2n) is 8.60. The van der Waals surface area contributed by atoms with E-state index in [2.05, 4.69) is 16.1 Å². The maximum absolute atomic E-state index is 13.3. The Hall–Kier alpha value is -4.12. The van der Waals surface area contributed by atoms with Gasteiger partial charge in [-0.05, 0) is 39.8 Å². The first-order chi connectivity index (χ1) is 17.2. The molecule has 8 heteroatoms. The molecule has 36 heavy (non-hydrogen) atoms. The highest BCUT2D eigenvalue weighted by molar-refractivity contribution is 6.25. The van der Waals surface area contributed by atoms with E-state index < -0.39 is 0 Å². The highest BCUT2D eigenvalue weighted by Gasteiger charge is 2.22. The highest BCUT2D eigenvalue weighted by Crippen LogP contribution is 2.36. The number of imidazole rings is 1. The largest absolute Gasteiger partial charge is 0.496 e. The predicted molar refractivity (Wildman–Crippen MR) is 148 cm³/mol. The molecule has 0 saturated heterocycles. The molecule has 188 valence electrons. The lowest BCUT2D eigenvalue weighted by Gasteiger charge is -2.16. The van der Waals surface area contributed by atoms with Crippen molar-refractivity contribution in [2.24, 2.45) is 19.1 Å². The van der Waals surface area contributed by atoms with E-state index in [1.165, 1.54) is 0 Å². The fourth-order valence-electron chi connectivity index (χ4n) is 4.61. The summed E-state index contributed by atoms with van der Waals surface area (Å²) in [7, 11) is 5.27. The van der Waals surface area contributed by atoms with Crippen LogP contribution in [0.15, 0.2) is 46.1 Å². The number of fused-ring (bicyclic) bond motifs is 3. The molecule has 0 aliphatic heterocycles. The number of nitrogens with zero attached hydrogens (tertiary/aromatic N) is 6. The number of hydrogen-bond acceptors (Lipinski definition) is 5. The zero-order chi connectivity index (χ0) is 26.7. The Balaban J connectivity index is 0.00000176. The van der Waals surface area contributed by atoms with E-state index in [0.717, 1.165) is 49.9 Å². The Morgan fingerprint density at radius 2 is 1.86 bits per heavy atom. The number of terminal acetylenes is 1. The van der Waals surface area contributed by atoms with Gasteiger partial charge < -0.3 is 4.74 Å². The van der Waals surface area contributed by atoms with Gasteiger partial charge in [0.1, 0.15) is 5.75 Å². The second kappa shape index (κ2) is 10.6. The van der Waals surface area contributed by atoms with Gasteiger partial charge >= 0.3 is 5.69 Å². The zero-order valence-electron chi connectivity index (χ0n) is 22.5. The van der Waals surface area contributed by atoms with E-state index in [1.54, 1.807) is 40.4 Å². The number of benzene rings is 1. The molecule has 1 unspecified atom stereocenters. The molecule has 0 fully saturated rings. The van der Waals surface area contributed by atoms with Gasteiger partial charge in [0.2, 0.25) is 0 Å². The zero-order valence-corrected chi connectivity index (χ0v) is 22.5. The van der Waals surface area contributed by atoms with Gasteiger partial charge in [-0.1, -0.05) is 25.8 Å². The summed E-state index contributed by atoms with van der Waals surface area (Å²) in [5.41, 5.74) is 6.66. The molecule has 1 aromatic carbocycles. The summed E-state index contributed by atoms with van der Waals surface area (Å²) < 4.78 is 10.9. The number of aliphatic imine (C=N–C) groups is 1. The number of hydrogen-bond donors (Lipinski definition) is 0. The lowest BCUT2D eigenvalue weighted by Crippen LogP contribution is -2.25. The summed E-state index contributed by atoms with van der Waals surface area (Å²) in [5, 5.41) is 5.08. The Bertz CT molecular complexity index is 1590. The molecule has 0 aliphatic rings. The molecule has 4 aromatic rings. The molecular weight excluding hydrogens is 452 g/mol. The molecule has 0 radical (unpaired) electrons. The van der Waals surface area contributed by atoms with Crippen LogP contribution in [0.2, 0.25) is 0 Å². The monoisotopic (exact) mass is 486 g/mol. The maximum Gasteiger partial charge on any atom is 0.329 e. The number of pyridine rings is 1. The van der Waals surface area contributed by atoms with Crippen LogP contribution < -0.4 is 10.4 Å². The Morgan fingerprint density at radius 3 is 2.42 bits per heavy atom. The van der Waals surface area contributed by atoms with Gasteiger partial charge in [0.15, 0.2) is 0 Å². The third-order valence-electron chi connectivity index (χ3n) is 6.19. The predicted octanol–water partition coefficient (Wildman–Crippen LogP) is 5.11. The third-order valence-corrected chi connectivity index (χ3v) is 6.19. The smallest absolute Gasteiger partial charge is 0.329 e. The van der Waals surface area contributed by atoms with Crippen LogP contribution in [-0.2, 0) is 14.1 Å². The number of aryl methyl sites for hydroxylation is 2. The molecule has 3 aromatic heterocycles. The Kier molecular flexibility index (Phi) is 7.83. The van der Waals surface area contributed by atoms with Gasteiger partial charge in [0, 0.05) is 48.4 Å². The molecule has 0 N–H and O–H groups in total. The number of allylic oxidation sites excluding steroid dienone is 2. The van der Waals surface area contributed by atoms with Crippen LogP contribution in [0.3, 0.4) is 0 Å². The summed E-state index contributed by atoms with van der Waals surface area (Å²) in [4.78, 5) is 22.2. The third kappa shape index (κ3) is 4.44. The SMILES string of the molecule is C#CN=C(C)C(=C(C)C)c1cc2ncc3c(c2cc1OC)n(C)c(=O)n3C(C)c1cnn(C)c1.CC. The number of methoxy groups -OCH3 is 1. The van der Waals surface area contributed by atoms with Crippen LogP contribution in [0.5, 0.6) is 5.75 Å². The molecular formula is C28H34N6O2. The lowest BCUT2D eigenvalue weighted by atomic mass is 9.95. The molecule has 4 rings (SSSR count). The van der Waals surface area contributed by atoms with Crippen molar-refractivity contribution in [2.75, 3.05) is 7.11 Å². The summed E-state index contributed by atoms with van der Waals surface area (Å²) in [6.45, 7) is 11.9. The lowest BCUT2D eigenvalue weighted by molar-refractivity contribution is 0.414. The van der Waals surface area contributed by atoms with Crippen molar-refractivity contribution in [2.45, 2.75) is 47.6 Å². The van der Waals surface area contributed by atoms with Crippen LogP contribution in [0.4, 0.5) is 0 Å². The molecule has 0 aliphatic carbocycles. The first kappa shape index (κ1) is 26.5. The Morgan fingerprint density at radius 1 is 1.17 bits per heavy atom. The van der Waals surface area contributed by atoms with Crippen molar-refractivity contribution in [3.63, 3.8) is 0 Å². The molecule has 0 bridgehead atoms. The standard InChI is InChI=1S/C26H28N6O2.C2H6/c1-9-27-16(4)24(15(2)3)20-10-21-19(11-23(20)34-8)25-22(13-28-21)32(26(33)31(25)7)17(5)18-12-29-30(6)14-18;1-2/h1,10-14,17H,2-8H3;1-2H3. The van der Waals surface area contributed by atoms with Crippen molar-refractivity contribution in [3.8, 4) is 18.2 Å². The van der Waals surface area contributed by atoms with E-state index in [4.69, 9.17) is 16.1 Å². The van der Waals surface area contributed by atoms with Gasteiger partial charge in [-0.2, -0.15) is 5.10 Å². The minimum Gasteiger partial charge on any atom is -0.496 e. The topological polar surface area (TPSA) is 79.2 Å². The molecule has 1 atom stereocenters.